The molecular formula is C26H20F4N4O3. The zero-order valence-corrected chi connectivity index (χ0v) is 19.4. The third-order valence-corrected chi connectivity index (χ3v) is 5.56. The number of nitrogens with two attached hydrogens (primary N) is 1. The summed E-state index contributed by atoms with van der Waals surface area (Å²) >= 11 is 0. The van der Waals surface area contributed by atoms with Crippen molar-refractivity contribution >= 4 is 11.6 Å². The van der Waals surface area contributed by atoms with Gasteiger partial charge in [0.15, 0.2) is 11.6 Å². The van der Waals surface area contributed by atoms with Gasteiger partial charge in [-0.1, -0.05) is 6.07 Å². The molecule has 0 amide bonds. The maximum atomic E-state index is 14.3. The number of alkyl halides is 2. The number of aromatic nitrogens is 3. The van der Waals surface area contributed by atoms with Crippen molar-refractivity contribution < 1.29 is 27.1 Å². The number of rotatable bonds is 8. The molecule has 0 saturated carbocycles. The predicted molar refractivity (Wildman–Crippen MR) is 128 cm³/mol. The lowest BCUT2D eigenvalue weighted by Crippen LogP contribution is -2.16. The van der Waals surface area contributed by atoms with E-state index in [0.717, 1.165) is 6.07 Å². The molecule has 0 aliphatic carbocycles. The average Bonchev–Trinajstić information content (AvgIpc) is 2.85. The average molecular weight is 512 g/mol. The molecule has 7 nitrogen and oxygen atoms in total. The molecule has 2 heterocycles. The van der Waals surface area contributed by atoms with E-state index in [-0.39, 0.29) is 52.6 Å². The standard InChI is InChI=1S/C26H20F4N4O3/c1-34-13-15(7-12-21(34)36)23-22(14-5-8-16(27)9-6-14)33-25(31)24(32-23)19(35)11-10-17-18(28)3-2-4-20(17)37-26(29)30/h2-9,12-13,26H,10-11H2,1H3,(H2,31,33). The first kappa shape index (κ1) is 25.5. The molecule has 4 aromatic rings. The van der Waals surface area contributed by atoms with Gasteiger partial charge >= 0.3 is 6.61 Å². The minimum Gasteiger partial charge on any atom is -0.434 e. The zero-order valence-electron chi connectivity index (χ0n) is 19.4. The highest BCUT2D eigenvalue weighted by molar-refractivity contribution is 5.99. The van der Waals surface area contributed by atoms with Crippen LogP contribution < -0.4 is 16.0 Å². The van der Waals surface area contributed by atoms with Crippen molar-refractivity contribution in [2.75, 3.05) is 5.73 Å². The lowest BCUT2D eigenvalue weighted by molar-refractivity contribution is -0.0506. The van der Waals surface area contributed by atoms with Crippen LogP contribution >= 0.6 is 0 Å². The van der Waals surface area contributed by atoms with Crippen LogP contribution in [-0.4, -0.2) is 26.9 Å². The summed E-state index contributed by atoms with van der Waals surface area (Å²) in [5, 5.41) is 0. The fourth-order valence-electron chi connectivity index (χ4n) is 3.74. The second-order valence-corrected chi connectivity index (χ2v) is 8.05. The van der Waals surface area contributed by atoms with Gasteiger partial charge in [0.1, 0.15) is 23.1 Å². The molecule has 0 radical (unpaired) electrons. The summed E-state index contributed by atoms with van der Waals surface area (Å²) in [7, 11) is 1.54. The van der Waals surface area contributed by atoms with Crippen molar-refractivity contribution in [1.29, 1.82) is 0 Å². The van der Waals surface area contributed by atoms with Crippen molar-refractivity contribution in [3.8, 4) is 28.3 Å². The number of ether oxygens (including phenoxy) is 1. The van der Waals surface area contributed by atoms with Crippen LogP contribution in [-0.2, 0) is 13.5 Å². The van der Waals surface area contributed by atoms with Gasteiger partial charge in [0, 0.05) is 42.4 Å². The molecule has 0 bridgehead atoms. The number of carbonyl (C=O) groups is 1. The molecule has 0 unspecified atom stereocenters. The Balaban J connectivity index is 1.74. The number of Topliss-reactive ketones (excluding diaryl/α,β-unsaturated/α-hetero) is 1. The number of benzene rings is 2. The Morgan fingerprint density at radius 2 is 1.68 bits per heavy atom. The van der Waals surface area contributed by atoms with Crippen LogP contribution in [0.5, 0.6) is 5.75 Å². The van der Waals surface area contributed by atoms with Crippen LogP contribution in [0.15, 0.2) is 65.6 Å². The molecule has 0 atom stereocenters. The Bertz CT molecular complexity index is 1520. The summed E-state index contributed by atoms with van der Waals surface area (Å²) < 4.78 is 58.9. The molecule has 37 heavy (non-hydrogen) atoms. The Kier molecular flexibility index (Phi) is 7.32. The lowest BCUT2D eigenvalue weighted by Gasteiger charge is -2.14. The van der Waals surface area contributed by atoms with E-state index in [2.05, 4.69) is 14.7 Å². The molecule has 4 rings (SSSR count). The van der Waals surface area contributed by atoms with E-state index in [1.807, 2.05) is 0 Å². The maximum absolute atomic E-state index is 14.3. The summed E-state index contributed by atoms with van der Waals surface area (Å²) in [6, 6.07) is 11.7. The van der Waals surface area contributed by atoms with Gasteiger partial charge in [0.25, 0.3) is 0 Å². The van der Waals surface area contributed by atoms with Crippen molar-refractivity contribution in [2.45, 2.75) is 19.5 Å². The lowest BCUT2D eigenvalue weighted by atomic mass is 10.0. The molecule has 0 saturated heterocycles. The summed E-state index contributed by atoms with van der Waals surface area (Å²) in [6.07, 6.45) is 0.905. The zero-order chi connectivity index (χ0) is 26.7. The Morgan fingerprint density at radius 1 is 1.00 bits per heavy atom. The smallest absolute Gasteiger partial charge is 0.387 e. The number of nitrogen functional groups attached to an aromatic ring is 1. The van der Waals surface area contributed by atoms with Crippen molar-refractivity contribution in [2.24, 2.45) is 7.05 Å². The van der Waals surface area contributed by atoms with E-state index < -0.39 is 24.0 Å². The highest BCUT2D eigenvalue weighted by Crippen LogP contribution is 2.31. The number of nitrogens with zero attached hydrogens (tertiary/aromatic N) is 3. The Morgan fingerprint density at radius 3 is 2.35 bits per heavy atom. The summed E-state index contributed by atoms with van der Waals surface area (Å²) in [6.45, 7) is -3.17. The first-order valence-corrected chi connectivity index (χ1v) is 11.0. The number of hydrogen-bond donors (Lipinski definition) is 1. The highest BCUT2D eigenvalue weighted by atomic mass is 19.3. The van der Waals surface area contributed by atoms with Gasteiger partial charge in [-0.15, -0.1) is 0 Å². The van der Waals surface area contributed by atoms with Gasteiger partial charge in [0.05, 0.1) is 11.4 Å². The first-order chi connectivity index (χ1) is 17.6. The van der Waals surface area contributed by atoms with Gasteiger partial charge < -0.3 is 15.0 Å². The number of ketones is 1. The largest absolute Gasteiger partial charge is 0.434 e. The monoisotopic (exact) mass is 512 g/mol. The number of carbonyl (C=O) groups excluding carboxylic acids is 1. The summed E-state index contributed by atoms with van der Waals surface area (Å²) in [4.78, 5) is 33.7. The summed E-state index contributed by atoms with van der Waals surface area (Å²) in [5.74, 6) is -2.49. The van der Waals surface area contributed by atoms with Gasteiger partial charge in [-0.2, -0.15) is 8.78 Å². The van der Waals surface area contributed by atoms with E-state index >= 15 is 0 Å². The van der Waals surface area contributed by atoms with E-state index in [9.17, 15) is 27.2 Å². The van der Waals surface area contributed by atoms with Crippen LogP contribution in [0.2, 0.25) is 0 Å². The fraction of sp³-hybridized carbons (Fsp3) is 0.154. The van der Waals surface area contributed by atoms with Gasteiger partial charge in [-0.3, -0.25) is 9.59 Å². The van der Waals surface area contributed by atoms with E-state index in [1.54, 1.807) is 0 Å². The van der Waals surface area contributed by atoms with Crippen LogP contribution in [0.3, 0.4) is 0 Å². The third kappa shape index (κ3) is 5.66. The summed E-state index contributed by atoms with van der Waals surface area (Å²) in [5.41, 5.74) is 6.72. The third-order valence-electron chi connectivity index (χ3n) is 5.56. The minimum absolute atomic E-state index is 0.191. The van der Waals surface area contributed by atoms with Gasteiger partial charge in [-0.05, 0) is 48.9 Å². The maximum Gasteiger partial charge on any atom is 0.387 e. The number of pyridine rings is 1. The molecule has 0 aliphatic rings. The van der Waals surface area contributed by atoms with Crippen LogP contribution in [0.25, 0.3) is 22.5 Å². The second-order valence-electron chi connectivity index (χ2n) is 8.05. The molecular weight excluding hydrogens is 492 g/mol. The highest BCUT2D eigenvalue weighted by Gasteiger charge is 2.22. The normalized spacial score (nSPS) is 11.1. The van der Waals surface area contributed by atoms with Crippen LogP contribution in [0, 0.1) is 11.6 Å². The van der Waals surface area contributed by atoms with Crippen molar-refractivity contribution in [1.82, 2.24) is 14.5 Å². The molecule has 2 N–H and O–H groups in total. The molecule has 190 valence electrons. The Labute approximate surface area is 208 Å². The van der Waals surface area contributed by atoms with E-state index in [0.29, 0.717) is 11.1 Å². The molecule has 2 aromatic carbocycles. The quantitative estimate of drug-likeness (QED) is 0.269. The van der Waals surface area contributed by atoms with Gasteiger partial charge in [-0.25, -0.2) is 18.7 Å². The topological polar surface area (TPSA) is 100 Å². The molecule has 0 aliphatic heterocycles. The minimum atomic E-state index is -3.17. The van der Waals surface area contributed by atoms with Gasteiger partial charge in [0.2, 0.25) is 5.56 Å². The first-order valence-electron chi connectivity index (χ1n) is 11.0. The molecule has 11 heteroatoms. The van der Waals surface area contributed by atoms with E-state index in [1.165, 1.54) is 66.3 Å². The van der Waals surface area contributed by atoms with Crippen molar-refractivity contribution in [3.05, 3.63) is 94.0 Å². The number of anilines is 1. The van der Waals surface area contributed by atoms with Crippen LogP contribution in [0.1, 0.15) is 22.5 Å². The predicted octanol–water partition coefficient (Wildman–Crippen LogP) is 4.79. The number of aryl methyl sites for hydroxylation is 1. The SMILES string of the molecule is Cn1cc(-c2nc(C(=O)CCc3c(F)cccc3OC(F)F)c(N)nc2-c2ccc(F)cc2)ccc1=O. The molecule has 0 spiro atoms. The second kappa shape index (κ2) is 10.6. The fourth-order valence-corrected chi connectivity index (χ4v) is 3.74. The molecule has 2 aromatic heterocycles. The molecule has 0 fully saturated rings. The van der Waals surface area contributed by atoms with Crippen LogP contribution in [0.4, 0.5) is 23.4 Å². The number of halogens is 4. The number of hydrogen-bond acceptors (Lipinski definition) is 6. The van der Waals surface area contributed by atoms with E-state index in [4.69, 9.17) is 5.73 Å². The Hall–Kier alpha value is -4.54. The van der Waals surface area contributed by atoms with Crippen molar-refractivity contribution in [3.63, 3.8) is 0 Å².